The third-order valence-corrected chi connectivity index (χ3v) is 2.14. The molecule has 0 unspecified atom stereocenters. The molecule has 0 aliphatic carbocycles. The van der Waals surface area contributed by atoms with Gasteiger partial charge in [0.1, 0.15) is 5.82 Å². The Hall–Kier alpha value is -1.32. The van der Waals surface area contributed by atoms with E-state index in [0.29, 0.717) is 0 Å². The molecule has 3 nitrogen and oxygen atoms in total. The number of benzene rings is 1. The van der Waals surface area contributed by atoms with Gasteiger partial charge in [0, 0.05) is 17.5 Å². The van der Waals surface area contributed by atoms with Gasteiger partial charge in [0.05, 0.1) is 5.52 Å². The van der Waals surface area contributed by atoms with Crippen molar-refractivity contribution >= 4 is 28.3 Å². The van der Waals surface area contributed by atoms with Gasteiger partial charge in [0.15, 0.2) is 0 Å². The van der Waals surface area contributed by atoms with E-state index >= 15 is 0 Å². The van der Waals surface area contributed by atoms with Gasteiger partial charge in [-0.2, -0.15) is 0 Å². The van der Waals surface area contributed by atoms with Gasteiger partial charge < -0.3 is 5.43 Å². The van der Waals surface area contributed by atoms with Gasteiger partial charge in [-0.15, -0.1) is 0 Å². The Morgan fingerprint density at radius 1 is 1.21 bits per heavy atom. The van der Waals surface area contributed by atoms with Crippen molar-refractivity contribution in [1.29, 1.82) is 0 Å². The number of hydrogen-bond acceptors (Lipinski definition) is 3. The van der Waals surface area contributed by atoms with Crippen LogP contribution in [0.2, 0.25) is 5.02 Å². The Bertz CT molecular complexity index is 456. The maximum atomic E-state index is 5.86. The number of nitrogens with one attached hydrogen (secondary N) is 2. The molecule has 0 saturated carbocycles. The highest BCUT2D eigenvalue weighted by molar-refractivity contribution is 6.31. The average Bonchev–Trinajstić information content (AvgIpc) is 2.19. The van der Waals surface area contributed by atoms with Gasteiger partial charge >= 0.3 is 0 Å². The number of halogens is 1. The third-order valence-electron chi connectivity index (χ3n) is 1.90. The molecule has 1 aromatic heterocycles. The molecule has 0 amide bonds. The van der Waals surface area contributed by atoms with Crippen LogP contribution in [0.25, 0.3) is 10.9 Å². The summed E-state index contributed by atoms with van der Waals surface area (Å²) < 4.78 is 0. The molecule has 2 aromatic rings. The molecule has 0 radical (unpaired) electrons. The monoisotopic (exact) mass is 207 g/mol. The molecule has 0 atom stereocenters. The highest BCUT2D eigenvalue weighted by Crippen LogP contribution is 2.19. The largest absolute Gasteiger partial charge is 0.306 e. The SMILES string of the molecule is CNNc1ccc2cc(Cl)ccc2n1. The van der Waals surface area contributed by atoms with Crippen LogP contribution in [-0.2, 0) is 0 Å². The van der Waals surface area contributed by atoms with Gasteiger partial charge in [-0.25, -0.2) is 10.4 Å². The standard InChI is InChI=1S/C10H10ClN3/c1-12-14-10-5-2-7-6-8(11)3-4-9(7)13-10/h2-6,12H,1H3,(H,13,14). The molecule has 4 heteroatoms. The minimum atomic E-state index is 0.730. The van der Waals surface area contributed by atoms with Gasteiger partial charge in [0.2, 0.25) is 0 Å². The van der Waals surface area contributed by atoms with Crippen LogP contribution < -0.4 is 10.9 Å². The maximum Gasteiger partial charge on any atom is 0.140 e. The number of anilines is 1. The third kappa shape index (κ3) is 1.78. The molecular formula is C10H10ClN3. The predicted molar refractivity (Wildman–Crippen MR) is 59.4 cm³/mol. The van der Waals surface area contributed by atoms with Crippen LogP contribution in [0.4, 0.5) is 5.82 Å². The number of fused-ring (bicyclic) bond motifs is 1. The van der Waals surface area contributed by atoms with E-state index in [-0.39, 0.29) is 0 Å². The summed E-state index contributed by atoms with van der Waals surface area (Å²) in [4.78, 5) is 4.37. The van der Waals surface area contributed by atoms with E-state index in [1.165, 1.54) is 0 Å². The van der Waals surface area contributed by atoms with E-state index in [0.717, 1.165) is 21.7 Å². The van der Waals surface area contributed by atoms with E-state index in [4.69, 9.17) is 11.6 Å². The zero-order valence-electron chi connectivity index (χ0n) is 7.71. The lowest BCUT2D eigenvalue weighted by Gasteiger charge is -2.04. The van der Waals surface area contributed by atoms with Crippen molar-refractivity contribution in [2.24, 2.45) is 0 Å². The van der Waals surface area contributed by atoms with Gasteiger partial charge in [-0.05, 0) is 30.3 Å². The van der Waals surface area contributed by atoms with Gasteiger partial charge in [-0.3, -0.25) is 0 Å². The minimum absolute atomic E-state index is 0.730. The van der Waals surface area contributed by atoms with E-state index in [1.54, 1.807) is 7.05 Å². The van der Waals surface area contributed by atoms with Crippen LogP contribution in [-0.4, -0.2) is 12.0 Å². The molecular weight excluding hydrogens is 198 g/mol. The number of nitrogens with zero attached hydrogens (tertiary/aromatic N) is 1. The van der Waals surface area contributed by atoms with Crippen molar-refractivity contribution in [1.82, 2.24) is 10.4 Å². The van der Waals surface area contributed by atoms with Crippen molar-refractivity contribution in [2.45, 2.75) is 0 Å². The highest BCUT2D eigenvalue weighted by Gasteiger charge is 1.97. The Morgan fingerprint density at radius 3 is 2.86 bits per heavy atom. The van der Waals surface area contributed by atoms with E-state index in [2.05, 4.69) is 15.8 Å². The number of hydrazine groups is 1. The fraction of sp³-hybridized carbons (Fsp3) is 0.100. The Balaban J connectivity index is 2.50. The Kier molecular flexibility index (Phi) is 2.52. The van der Waals surface area contributed by atoms with Crippen LogP contribution in [0.1, 0.15) is 0 Å². The highest BCUT2D eigenvalue weighted by atomic mass is 35.5. The molecule has 0 spiro atoms. The van der Waals surface area contributed by atoms with Crippen molar-refractivity contribution in [3.05, 3.63) is 35.4 Å². The number of rotatable bonds is 2. The zero-order chi connectivity index (χ0) is 9.97. The Labute approximate surface area is 87.1 Å². The summed E-state index contributed by atoms with van der Waals surface area (Å²) in [6, 6.07) is 9.51. The van der Waals surface area contributed by atoms with Crippen LogP contribution in [0.3, 0.4) is 0 Å². The molecule has 14 heavy (non-hydrogen) atoms. The molecule has 1 heterocycles. The summed E-state index contributed by atoms with van der Waals surface area (Å²) in [6.45, 7) is 0. The second kappa shape index (κ2) is 3.82. The van der Waals surface area contributed by atoms with Gasteiger partial charge in [-0.1, -0.05) is 11.6 Å². The first-order chi connectivity index (χ1) is 6.79. The first-order valence-electron chi connectivity index (χ1n) is 4.28. The van der Waals surface area contributed by atoms with Crippen molar-refractivity contribution in [2.75, 3.05) is 12.5 Å². The summed E-state index contributed by atoms with van der Waals surface area (Å²) in [5.74, 6) is 0.794. The second-order valence-corrected chi connectivity index (χ2v) is 3.34. The first kappa shape index (κ1) is 9.24. The topological polar surface area (TPSA) is 37.0 Å². The fourth-order valence-corrected chi connectivity index (χ4v) is 1.47. The predicted octanol–water partition coefficient (Wildman–Crippen LogP) is 2.43. The van der Waals surface area contributed by atoms with Crippen LogP contribution >= 0.6 is 11.6 Å². The van der Waals surface area contributed by atoms with E-state index in [1.807, 2.05) is 30.3 Å². The lowest BCUT2D eigenvalue weighted by molar-refractivity contribution is 0.969. The summed E-state index contributed by atoms with van der Waals surface area (Å²) in [5, 5.41) is 1.77. The molecule has 0 aliphatic rings. The number of pyridine rings is 1. The van der Waals surface area contributed by atoms with E-state index in [9.17, 15) is 0 Å². The zero-order valence-corrected chi connectivity index (χ0v) is 8.47. The fourth-order valence-electron chi connectivity index (χ4n) is 1.29. The van der Waals surface area contributed by atoms with Crippen LogP contribution in [0.15, 0.2) is 30.3 Å². The summed E-state index contributed by atoms with van der Waals surface area (Å²) in [6.07, 6.45) is 0. The molecule has 2 N–H and O–H groups in total. The molecule has 0 bridgehead atoms. The molecule has 1 aromatic carbocycles. The lowest BCUT2D eigenvalue weighted by Crippen LogP contribution is -2.15. The first-order valence-corrected chi connectivity index (χ1v) is 4.66. The van der Waals surface area contributed by atoms with Crippen molar-refractivity contribution < 1.29 is 0 Å². The normalized spacial score (nSPS) is 10.4. The Morgan fingerprint density at radius 2 is 2.07 bits per heavy atom. The summed E-state index contributed by atoms with van der Waals surface area (Å²) in [7, 11) is 1.80. The quantitative estimate of drug-likeness (QED) is 0.743. The molecule has 2 rings (SSSR count). The smallest absolute Gasteiger partial charge is 0.140 e. The number of aromatic nitrogens is 1. The molecule has 0 fully saturated rings. The van der Waals surface area contributed by atoms with Crippen molar-refractivity contribution in [3.8, 4) is 0 Å². The van der Waals surface area contributed by atoms with E-state index < -0.39 is 0 Å². The maximum absolute atomic E-state index is 5.86. The lowest BCUT2D eigenvalue weighted by atomic mass is 10.2. The van der Waals surface area contributed by atoms with Crippen LogP contribution in [0.5, 0.6) is 0 Å². The molecule has 0 saturated heterocycles. The van der Waals surface area contributed by atoms with Gasteiger partial charge in [0.25, 0.3) is 0 Å². The van der Waals surface area contributed by atoms with Crippen molar-refractivity contribution in [3.63, 3.8) is 0 Å². The van der Waals surface area contributed by atoms with Crippen LogP contribution in [0, 0.1) is 0 Å². The molecule has 0 aliphatic heterocycles. The number of hydrogen-bond donors (Lipinski definition) is 2. The summed E-state index contributed by atoms with van der Waals surface area (Å²) >= 11 is 5.86. The minimum Gasteiger partial charge on any atom is -0.306 e. The average molecular weight is 208 g/mol. The molecule has 72 valence electrons. The second-order valence-electron chi connectivity index (χ2n) is 2.91. The summed E-state index contributed by atoms with van der Waals surface area (Å²) in [5.41, 5.74) is 6.67.